The van der Waals surface area contributed by atoms with Crippen LogP contribution in [0.2, 0.25) is 0 Å². The molecule has 0 atom stereocenters. The van der Waals surface area contributed by atoms with E-state index < -0.39 is 0 Å². The molecule has 1 aromatic heterocycles. The molecule has 0 fully saturated rings. The first-order chi connectivity index (χ1) is 8.16. The highest BCUT2D eigenvalue weighted by atomic mass is 16.1. The molecule has 0 saturated heterocycles. The zero-order valence-corrected chi connectivity index (χ0v) is 9.47. The van der Waals surface area contributed by atoms with Gasteiger partial charge in [0, 0.05) is 29.3 Å². The summed E-state index contributed by atoms with van der Waals surface area (Å²) >= 11 is 0. The summed E-state index contributed by atoms with van der Waals surface area (Å²) in [7, 11) is 0. The Balaban J connectivity index is 2.16. The average molecular weight is 227 g/mol. The predicted octanol–water partition coefficient (Wildman–Crippen LogP) is 2.22. The van der Waals surface area contributed by atoms with Gasteiger partial charge < -0.3 is 11.1 Å². The van der Waals surface area contributed by atoms with Gasteiger partial charge in [-0.1, -0.05) is 6.07 Å². The third-order valence-corrected chi connectivity index (χ3v) is 2.48. The molecule has 4 heteroatoms. The molecule has 0 saturated carbocycles. The minimum Gasteiger partial charge on any atom is -0.398 e. The molecule has 2 rings (SSSR count). The summed E-state index contributed by atoms with van der Waals surface area (Å²) in [5.74, 6) is -0.171. The Kier molecular flexibility index (Phi) is 3.05. The van der Waals surface area contributed by atoms with Crippen LogP contribution in [0.3, 0.4) is 0 Å². The second kappa shape index (κ2) is 4.65. The Morgan fingerprint density at radius 1 is 1.24 bits per heavy atom. The highest BCUT2D eigenvalue weighted by molar-refractivity contribution is 6.04. The largest absolute Gasteiger partial charge is 0.398 e. The van der Waals surface area contributed by atoms with E-state index in [2.05, 4.69) is 10.3 Å². The summed E-state index contributed by atoms with van der Waals surface area (Å²) in [4.78, 5) is 15.7. The fourth-order valence-electron chi connectivity index (χ4n) is 1.42. The molecule has 2 aromatic rings. The molecule has 0 unspecified atom stereocenters. The minimum absolute atomic E-state index is 0.171. The van der Waals surface area contributed by atoms with E-state index in [-0.39, 0.29) is 5.91 Å². The molecule has 86 valence electrons. The van der Waals surface area contributed by atoms with Crippen LogP contribution in [-0.2, 0) is 0 Å². The van der Waals surface area contributed by atoms with Gasteiger partial charge in [-0.3, -0.25) is 9.78 Å². The van der Waals surface area contributed by atoms with Gasteiger partial charge >= 0.3 is 0 Å². The maximum atomic E-state index is 11.8. The van der Waals surface area contributed by atoms with E-state index in [1.807, 2.05) is 19.1 Å². The summed E-state index contributed by atoms with van der Waals surface area (Å²) in [6.07, 6.45) is 3.16. The Morgan fingerprint density at radius 2 is 1.94 bits per heavy atom. The van der Waals surface area contributed by atoms with Gasteiger partial charge in [0.05, 0.1) is 0 Å². The number of amides is 1. The van der Waals surface area contributed by atoms with Crippen LogP contribution >= 0.6 is 0 Å². The number of nitrogen functional groups attached to an aromatic ring is 1. The number of aryl methyl sites for hydroxylation is 1. The van der Waals surface area contributed by atoms with Crippen LogP contribution in [0.1, 0.15) is 15.9 Å². The van der Waals surface area contributed by atoms with Crippen molar-refractivity contribution in [1.82, 2.24) is 4.98 Å². The summed E-state index contributed by atoms with van der Waals surface area (Å²) in [5, 5.41) is 2.78. The number of nitrogens with zero attached hydrogens (tertiary/aromatic N) is 1. The van der Waals surface area contributed by atoms with Crippen molar-refractivity contribution in [1.29, 1.82) is 0 Å². The number of benzene rings is 1. The maximum Gasteiger partial charge on any atom is 0.255 e. The third-order valence-electron chi connectivity index (χ3n) is 2.48. The fraction of sp³-hybridized carbons (Fsp3) is 0.0769. The lowest BCUT2D eigenvalue weighted by molar-refractivity contribution is 0.102. The molecule has 0 radical (unpaired) electrons. The molecule has 1 heterocycles. The van der Waals surface area contributed by atoms with E-state index in [0.717, 1.165) is 5.56 Å². The highest BCUT2D eigenvalue weighted by Crippen LogP contribution is 2.17. The van der Waals surface area contributed by atoms with Gasteiger partial charge in [0.25, 0.3) is 5.91 Å². The summed E-state index contributed by atoms with van der Waals surface area (Å²) in [6.45, 7) is 1.92. The highest BCUT2D eigenvalue weighted by Gasteiger charge is 2.05. The third kappa shape index (κ3) is 2.60. The lowest BCUT2D eigenvalue weighted by Crippen LogP contribution is -2.12. The van der Waals surface area contributed by atoms with Gasteiger partial charge in [-0.15, -0.1) is 0 Å². The molecule has 0 bridgehead atoms. The van der Waals surface area contributed by atoms with Gasteiger partial charge in [0.15, 0.2) is 0 Å². The second-order valence-corrected chi connectivity index (χ2v) is 3.76. The molecule has 1 amide bonds. The number of pyridine rings is 1. The van der Waals surface area contributed by atoms with Crippen LogP contribution in [0.15, 0.2) is 42.7 Å². The van der Waals surface area contributed by atoms with Crippen molar-refractivity contribution in [2.24, 2.45) is 0 Å². The van der Waals surface area contributed by atoms with E-state index in [1.165, 1.54) is 0 Å². The van der Waals surface area contributed by atoms with Crippen molar-refractivity contribution < 1.29 is 4.79 Å². The van der Waals surface area contributed by atoms with E-state index in [1.54, 1.807) is 30.6 Å². The Morgan fingerprint density at radius 3 is 2.59 bits per heavy atom. The van der Waals surface area contributed by atoms with Gasteiger partial charge in [-0.05, 0) is 36.8 Å². The molecular formula is C13H13N3O. The standard InChI is InChI=1S/C13H13N3O/c1-9-2-3-11(8-12(9)14)16-13(17)10-4-6-15-7-5-10/h2-8H,14H2,1H3,(H,16,17). The molecule has 17 heavy (non-hydrogen) atoms. The summed E-state index contributed by atoms with van der Waals surface area (Å²) in [5.41, 5.74) is 8.69. The second-order valence-electron chi connectivity index (χ2n) is 3.76. The monoisotopic (exact) mass is 227 g/mol. The van der Waals surface area contributed by atoms with Crippen LogP contribution in [0.5, 0.6) is 0 Å². The smallest absolute Gasteiger partial charge is 0.255 e. The summed E-state index contributed by atoms with van der Waals surface area (Å²) in [6, 6.07) is 8.76. The fourth-order valence-corrected chi connectivity index (χ4v) is 1.42. The van der Waals surface area contributed by atoms with Crippen LogP contribution in [-0.4, -0.2) is 10.9 Å². The first kappa shape index (κ1) is 11.1. The van der Waals surface area contributed by atoms with E-state index in [0.29, 0.717) is 16.9 Å². The lowest BCUT2D eigenvalue weighted by atomic mass is 10.2. The minimum atomic E-state index is -0.171. The van der Waals surface area contributed by atoms with Crippen LogP contribution in [0.25, 0.3) is 0 Å². The lowest BCUT2D eigenvalue weighted by Gasteiger charge is -2.07. The number of nitrogens with one attached hydrogen (secondary N) is 1. The number of hydrogen-bond donors (Lipinski definition) is 2. The molecular weight excluding hydrogens is 214 g/mol. The average Bonchev–Trinajstić information content (AvgIpc) is 2.35. The number of carbonyl (C=O) groups is 1. The van der Waals surface area contributed by atoms with Gasteiger partial charge in [0.1, 0.15) is 0 Å². The SMILES string of the molecule is Cc1ccc(NC(=O)c2ccncc2)cc1N. The molecule has 1 aromatic carbocycles. The zero-order chi connectivity index (χ0) is 12.3. The molecule has 3 N–H and O–H groups in total. The van der Waals surface area contributed by atoms with E-state index in [9.17, 15) is 4.79 Å². The number of nitrogens with two attached hydrogens (primary N) is 1. The Labute approximate surface area is 99.5 Å². The number of anilines is 2. The van der Waals surface area contributed by atoms with Crippen molar-refractivity contribution >= 4 is 17.3 Å². The predicted molar refractivity (Wildman–Crippen MR) is 67.8 cm³/mol. The van der Waals surface area contributed by atoms with Crippen LogP contribution < -0.4 is 11.1 Å². The quantitative estimate of drug-likeness (QED) is 0.773. The molecule has 0 spiro atoms. The number of carbonyl (C=O) groups excluding carboxylic acids is 1. The van der Waals surface area contributed by atoms with Crippen LogP contribution in [0.4, 0.5) is 11.4 Å². The van der Waals surface area contributed by atoms with Gasteiger partial charge in [-0.2, -0.15) is 0 Å². The molecule has 0 aliphatic heterocycles. The van der Waals surface area contributed by atoms with Gasteiger partial charge in [0.2, 0.25) is 0 Å². The van der Waals surface area contributed by atoms with E-state index in [4.69, 9.17) is 5.73 Å². The first-order valence-electron chi connectivity index (χ1n) is 5.24. The van der Waals surface area contributed by atoms with E-state index >= 15 is 0 Å². The first-order valence-corrected chi connectivity index (χ1v) is 5.24. The molecule has 0 aliphatic rings. The zero-order valence-electron chi connectivity index (χ0n) is 9.47. The molecule has 4 nitrogen and oxygen atoms in total. The number of aromatic nitrogens is 1. The topological polar surface area (TPSA) is 68.0 Å². The Bertz CT molecular complexity index is 538. The van der Waals surface area contributed by atoms with Crippen molar-refractivity contribution in [3.63, 3.8) is 0 Å². The Hall–Kier alpha value is -2.36. The summed E-state index contributed by atoms with van der Waals surface area (Å²) < 4.78 is 0. The maximum absolute atomic E-state index is 11.8. The van der Waals surface area contributed by atoms with Crippen molar-refractivity contribution in [2.45, 2.75) is 6.92 Å². The number of hydrogen-bond acceptors (Lipinski definition) is 3. The van der Waals surface area contributed by atoms with Crippen molar-refractivity contribution in [3.05, 3.63) is 53.9 Å². The van der Waals surface area contributed by atoms with Crippen molar-refractivity contribution in [2.75, 3.05) is 11.1 Å². The van der Waals surface area contributed by atoms with Gasteiger partial charge in [-0.25, -0.2) is 0 Å². The van der Waals surface area contributed by atoms with Crippen molar-refractivity contribution in [3.8, 4) is 0 Å². The molecule has 0 aliphatic carbocycles. The normalized spacial score (nSPS) is 9.94. The number of rotatable bonds is 2. The van der Waals surface area contributed by atoms with Crippen LogP contribution in [0, 0.1) is 6.92 Å².